The van der Waals surface area contributed by atoms with E-state index in [-0.39, 0.29) is 10.9 Å². The molecule has 1 aliphatic rings. The Balaban J connectivity index is 1.97. The third-order valence-electron chi connectivity index (χ3n) is 4.46. The van der Waals surface area contributed by atoms with Gasteiger partial charge in [0, 0.05) is 9.90 Å². The average molecular weight is 412 g/mol. The van der Waals surface area contributed by atoms with Crippen molar-refractivity contribution in [1.29, 1.82) is 0 Å². The molecular weight excluding hydrogens is 393 g/mol. The second kappa shape index (κ2) is 8.42. The third-order valence-corrected chi connectivity index (χ3v) is 6.22. The highest BCUT2D eigenvalue weighted by atomic mass is 35.5. The van der Waals surface area contributed by atoms with Gasteiger partial charge in [0.15, 0.2) is 0 Å². The topological polar surface area (TPSA) is 55.4 Å². The molecule has 1 heterocycles. The van der Waals surface area contributed by atoms with Crippen molar-refractivity contribution >= 4 is 51.4 Å². The van der Waals surface area contributed by atoms with Crippen molar-refractivity contribution in [2.24, 2.45) is 0 Å². The summed E-state index contributed by atoms with van der Waals surface area (Å²) >= 11 is 13.5. The SMILES string of the molecule is COC(=O)c1c(NC(=O)c2ccc(Cl)cc2Cl)sc2c1CCCCCC2. The first-order valence-electron chi connectivity index (χ1n) is 8.50. The van der Waals surface area contributed by atoms with Gasteiger partial charge in [0.1, 0.15) is 5.00 Å². The lowest BCUT2D eigenvalue weighted by atomic mass is 9.96. The first-order valence-corrected chi connectivity index (χ1v) is 10.1. The molecule has 7 heteroatoms. The number of aryl methyl sites for hydroxylation is 1. The fourth-order valence-electron chi connectivity index (χ4n) is 3.17. The van der Waals surface area contributed by atoms with E-state index in [1.165, 1.54) is 30.9 Å². The quantitative estimate of drug-likeness (QED) is 0.653. The minimum Gasteiger partial charge on any atom is -0.465 e. The Bertz CT molecular complexity index is 848. The number of nitrogens with one attached hydrogen (secondary N) is 1. The number of halogens is 2. The molecule has 0 saturated heterocycles. The number of anilines is 1. The van der Waals surface area contributed by atoms with E-state index < -0.39 is 5.97 Å². The summed E-state index contributed by atoms with van der Waals surface area (Å²) in [5.41, 5.74) is 1.81. The number of benzene rings is 1. The fourth-order valence-corrected chi connectivity index (χ4v) is 4.94. The van der Waals surface area contributed by atoms with E-state index in [2.05, 4.69) is 5.32 Å². The highest BCUT2D eigenvalue weighted by Crippen LogP contribution is 2.38. The molecule has 0 aliphatic heterocycles. The Morgan fingerprint density at radius 1 is 1.12 bits per heavy atom. The second-order valence-electron chi connectivity index (χ2n) is 6.19. The van der Waals surface area contributed by atoms with Gasteiger partial charge >= 0.3 is 5.97 Å². The minimum absolute atomic E-state index is 0.268. The van der Waals surface area contributed by atoms with Crippen molar-refractivity contribution in [2.75, 3.05) is 12.4 Å². The van der Waals surface area contributed by atoms with Gasteiger partial charge in [-0.05, 0) is 49.4 Å². The smallest absolute Gasteiger partial charge is 0.341 e. The van der Waals surface area contributed by atoms with Gasteiger partial charge in [-0.1, -0.05) is 36.0 Å². The zero-order valence-corrected chi connectivity index (χ0v) is 16.7. The van der Waals surface area contributed by atoms with Gasteiger partial charge in [0.25, 0.3) is 5.91 Å². The lowest BCUT2D eigenvalue weighted by Crippen LogP contribution is -2.15. The molecule has 0 radical (unpaired) electrons. The van der Waals surface area contributed by atoms with Gasteiger partial charge in [0.2, 0.25) is 0 Å². The Morgan fingerprint density at radius 3 is 2.54 bits per heavy atom. The molecule has 1 aromatic heterocycles. The Morgan fingerprint density at radius 2 is 1.85 bits per heavy atom. The van der Waals surface area contributed by atoms with Crippen molar-refractivity contribution in [2.45, 2.75) is 38.5 Å². The lowest BCUT2D eigenvalue weighted by Gasteiger charge is -2.11. The minimum atomic E-state index is -0.416. The van der Waals surface area contributed by atoms with Crippen LogP contribution in [0.1, 0.15) is 56.8 Å². The van der Waals surface area contributed by atoms with Crippen molar-refractivity contribution in [3.63, 3.8) is 0 Å². The van der Waals surface area contributed by atoms with Crippen LogP contribution in [0.5, 0.6) is 0 Å². The number of rotatable bonds is 3. The van der Waals surface area contributed by atoms with Crippen LogP contribution in [0.25, 0.3) is 0 Å². The van der Waals surface area contributed by atoms with Gasteiger partial charge in [-0.3, -0.25) is 4.79 Å². The molecule has 26 heavy (non-hydrogen) atoms. The molecular formula is C19H19Cl2NO3S. The van der Waals surface area contributed by atoms with Gasteiger partial charge in [-0.15, -0.1) is 11.3 Å². The number of carbonyl (C=O) groups excluding carboxylic acids is 2. The molecule has 2 aromatic rings. The number of amides is 1. The number of thiophene rings is 1. The molecule has 1 N–H and O–H groups in total. The summed E-state index contributed by atoms with van der Waals surface area (Å²) in [7, 11) is 1.36. The lowest BCUT2D eigenvalue weighted by molar-refractivity contribution is 0.0601. The average Bonchev–Trinajstić information content (AvgIpc) is 2.90. The molecule has 1 aromatic carbocycles. The maximum atomic E-state index is 12.7. The van der Waals surface area contributed by atoms with Crippen LogP contribution in [0.15, 0.2) is 18.2 Å². The van der Waals surface area contributed by atoms with Gasteiger partial charge < -0.3 is 10.1 Å². The first kappa shape index (κ1) is 19.2. The standard InChI is InChI=1S/C19H19Cl2NO3S/c1-25-19(24)16-13-6-4-2-3-5-7-15(13)26-18(16)22-17(23)12-9-8-11(20)10-14(12)21/h8-10H,2-7H2,1H3,(H,22,23). The van der Waals surface area contributed by atoms with Gasteiger partial charge in [-0.2, -0.15) is 0 Å². The summed E-state index contributed by atoms with van der Waals surface area (Å²) in [6, 6.07) is 4.70. The zero-order chi connectivity index (χ0) is 18.7. The highest BCUT2D eigenvalue weighted by Gasteiger charge is 2.26. The summed E-state index contributed by atoms with van der Waals surface area (Å²) in [5.74, 6) is -0.786. The first-order chi connectivity index (χ1) is 12.5. The van der Waals surface area contributed by atoms with E-state index in [4.69, 9.17) is 27.9 Å². The van der Waals surface area contributed by atoms with Crippen LogP contribution < -0.4 is 5.32 Å². The fraction of sp³-hybridized carbons (Fsp3) is 0.368. The molecule has 0 bridgehead atoms. The molecule has 4 nitrogen and oxygen atoms in total. The summed E-state index contributed by atoms with van der Waals surface area (Å²) in [5, 5.41) is 4.11. The highest BCUT2D eigenvalue weighted by molar-refractivity contribution is 7.17. The van der Waals surface area contributed by atoms with Crippen LogP contribution in [-0.2, 0) is 17.6 Å². The number of fused-ring (bicyclic) bond motifs is 1. The molecule has 0 saturated carbocycles. The van der Waals surface area contributed by atoms with Crippen LogP contribution >= 0.6 is 34.5 Å². The molecule has 0 fully saturated rings. The molecule has 138 valence electrons. The van der Waals surface area contributed by atoms with E-state index >= 15 is 0 Å². The van der Waals surface area contributed by atoms with E-state index in [0.717, 1.165) is 42.5 Å². The van der Waals surface area contributed by atoms with Crippen LogP contribution in [0.2, 0.25) is 10.0 Å². The van der Waals surface area contributed by atoms with Crippen LogP contribution in [-0.4, -0.2) is 19.0 Å². The number of hydrogen-bond acceptors (Lipinski definition) is 4. The molecule has 0 unspecified atom stereocenters. The number of methoxy groups -OCH3 is 1. The van der Waals surface area contributed by atoms with Crippen molar-refractivity contribution in [1.82, 2.24) is 0 Å². The van der Waals surface area contributed by atoms with Gasteiger partial charge in [-0.25, -0.2) is 4.79 Å². The normalized spacial score (nSPS) is 14.1. The Kier molecular flexibility index (Phi) is 6.22. The second-order valence-corrected chi connectivity index (χ2v) is 8.14. The number of esters is 1. The van der Waals surface area contributed by atoms with E-state index in [1.807, 2.05) is 0 Å². The summed E-state index contributed by atoms with van der Waals surface area (Å²) in [6.07, 6.45) is 6.20. The van der Waals surface area contributed by atoms with Crippen molar-refractivity contribution < 1.29 is 14.3 Å². The molecule has 1 amide bonds. The predicted octanol–water partition coefficient (Wildman–Crippen LogP) is 5.75. The monoisotopic (exact) mass is 411 g/mol. The Labute approximate surface area is 166 Å². The number of ether oxygens (including phenoxy) is 1. The number of carbonyl (C=O) groups is 2. The van der Waals surface area contributed by atoms with Crippen molar-refractivity contribution in [3.8, 4) is 0 Å². The maximum absolute atomic E-state index is 12.7. The third kappa shape index (κ3) is 4.05. The molecule has 1 aliphatic carbocycles. The van der Waals surface area contributed by atoms with Crippen LogP contribution in [0.4, 0.5) is 5.00 Å². The largest absolute Gasteiger partial charge is 0.465 e. The van der Waals surface area contributed by atoms with Crippen molar-refractivity contribution in [3.05, 3.63) is 49.8 Å². The molecule has 3 rings (SSSR count). The van der Waals surface area contributed by atoms with Gasteiger partial charge in [0.05, 0.1) is 23.3 Å². The predicted molar refractivity (Wildman–Crippen MR) is 106 cm³/mol. The molecule has 0 atom stereocenters. The summed E-state index contributed by atoms with van der Waals surface area (Å²) in [4.78, 5) is 26.2. The zero-order valence-electron chi connectivity index (χ0n) is 14.4. The molecule has 0 spiro atoms. The summed E-state index contributed by atoms with van der Waals surface area (Å²) in [6.45, 7) is 0. The van der Waals surface area contributed by atoms with E-state index in [0.29, 0.717) is 21.2 Å². The van der Waals surface area contributed by atoms with Crippen LogP contribution in [0, 0.1) is 0 Å². The maximum Gasteiger partial charge on any atom is 0.341 e. The summed E-state index contributed by atoms with van der Waals surface area (Å²) < 4.78 is 4.97. The number of hydrogen-bond donors (Lipinski definition) is 1. The van der Waals surface area contributed by atoms with E-state index in [1.54, 1.807) is 12.1 Å². The van der Waals surface area contributed by atoms with Crippen LogP contribution in [0.3, 0.4) is 0 Å². The van der Waals surface area contributed by atoms with E-state index in [9.17, 15) is 9.59 Å². The Hall–Kier alpha value is -1.56.